The van der Waals surface area contributed by atoms with Crippen molar-refractivity contribution in [1.29, 1.82) is 0 Å². The fraction of sp³-hybridized carbons (Fsp3) is 0.600. The number of aromatic nitrogens is 5. The lowest BCUT2D eigenvalue weighted by atomic mass is 9.99. The standard InChI is InChI=1S/C25H35FN6O7/c26-17-11-15(7-8-28-17)13-38-23-18-22(30-25(27)31-23)32(14-29-18)9-5-3-1-2-4-6-10-37-24-21(36)20(35)19(34)16(12-33)39-24/h7-8,11,14,16,19-21,24,33-36H,1-6,9-10,12-13H2,(H2,27,30,31)/t16-,19-,20+,21-,24-/m1/s1. The first-order valence-corrected chi connectivity index (χ1v) is 13.0. The van der Waals surface area contributed by atoms with Crippen molar-refractivity contribution in [2.24, 2.45) is 0 Å². The molecule has 1 aliphatic rings. The summed E-state index contributed by atoms with van der Waals surface area (Å²) in [5, 5.41) is 38.8. The maximum Gasteiger partial charge on any atom is 0.247 e. The van der Waals surface area contributed by atoms with E-state index in [1.807, 2.05) is 4.57 Å². The summed E-state index contributed by atoms with van der Waals surface area (Å²) in [5.74, 6) is -0.292. The first kappa shape index (κ1) is 29.0. The Labute approximate surface area is 224 Å². The zero-order chi connectivity index (χ0) is 27.8. The molecule has 0 amide bonds. The van der Waals surface area contributed by atoms with Gasteiger partial charge in [0.1, 0.15) is 31.0 Å². The number of hydrogen-bond donors (Lipinski definition) is 5. The third-order valence-electron chi connectivity index (χ3n) is 6.54. The minimum atomic E-state index is -1.44. The maximum atomic E-state index is 13.3. The van der Waals surface area contributed by atoms with Gasteiger partial charge in [0.15, 0.2) is 17.5 Å². The molecule has 0 spiro atoms. The lowest BCUT2D eigenvalue weighted by Gasteiger charge is -2.39. The van der Waals surface area contributed by atoms with Crippen LogP contribution in [0.5, 0.6) is 5.88 Å². The molecule has 5 atom stereocenters. The van der Waals surface area contributed by atoms with Crippen molar-refractivity contribution in [2.45, 2.75) is 82.4 Å². The fourth-order valence-electron chi connectivity index (χ4n) is 4.38. The Morgan fingerprint density at radius 3 is 2.54 bits per heavy atom. The average molecular weight is 551 g/mol. The van der Waals surface area contributed by atoms with Crippen molar-refractivity contribution in [3.8, 4) is 5.88 Å². The Hall–Kier alpha value is -3.01. The number of halogens is 1. The second-order valence-electron chi connectivity index (χ2n) is 9.46. The SMILES string of the molecule is Nc1nc(OCc2ccnc(F)c2)c2ncn(CCCCCCCCO[C@@H]3O[C@H](CO)[C@@H](O)[C@H](O)[C@H]3O)c2n1. The van der Waals surface area contributed by atoms with E-state index in [9.17, 15) is 24.8 Å². The van der Waals surface area contributed by atoms with E-state index < -0.39 is 43.3 Å². The molecule has 214 valence electrons. The number of aliphatic hydroxyl groups is 4. The number of aliphatic hydroxyl groups excluding tert-OH is 4. The summed E-state index contributed by atoms with van der Waals surface area (Å²) in [4.78, 5) is 16.4. The van der Waals surface area contributed by atoms with Gasteiger partial charge in [0.25, 0.3) is 0 Å². The first-order valence-electron chi connectivity index (χ1n) is 13.0. The van der Waals surface area contributed by atoms with Crippen molar-refractivity contribution >= 4 is 17.1 Å². The summed E-state index contributed by atoms with van der Waals surface area (Å²) in [6.45, 7) is 0.628. The molecule has 3 aromatic heterocycles. The molecule has 0 aromatic carbocycles. The molecular weight excluding hydrogens is 515 g/mol. The van der Waals surface area contributed by atoms with Crippen molar-refractivity contribution in [3.05, 3.63) is 36.2 Å². The van der Waals surface area contributed by atoms with Crippen LogP contribution in [0.15, 0.2) is 24.7 Å². The maximum absolute atomic E-state index is 13.3. The van der Waals surface area contributed by atoms with Crippen molar-refractivity contribution < 1.29 is 39.0 Å². The Morgan fingerprint density at radius 1 is 1.00 bits per heavy atom. The summed E-state index contributed by atoms with van der Waals surface area (Å²) in [7, 11) is 0. The summed E-state index contributed by atoms with van der Waals surface area (Å²) in [6, 6.07) is 2.93. The molecule has 1 fully saturated rings. The number of anilines is 1. The van der Waals surface area contributed by atoms with Crippen LogP contribution in [0.1, 0.15) is 44.1 Å². The molecule has 3 aromatic rings. The van der Waals surface area contributed by atoms with E-state index in [-0.39, 0.29) is 18.4 Å². The van der Waals surface area contributed by atoms with Gasteiger partial charge in [-0.25, -0.2) is 9.97 Å². The van der Waals surface area contributed by atoms with Crippen LogP contribution in [-0.2, 0) is 22.6 Å². The Bertz CT molecular complexity index is 1200. The molecule has 13 nitrogen and oxygen atoms in total. The zero-order valence-electron chi connectivity index (χ0n) is 21.5. The summed E-state index contributed by atoms with van der Waals surface area (Å²) in [5.41, 5.74) is 7.54. The van der Waals surface area contributed by atoms with Gasteiger partial charge in [-0.3, -0.25) is 0 Å². The number of imidazole rings is 1. The number of nitrogen functional groups attached to an aromatic ring is 1. The van der Waals surface area contributed by atoms with Gasteiger partial charge in [-0.1, -0.05) is 25.7 Å². The number of pyridine rings is 1. The van der Waals surface area contributed by atoms with Crippen LogP contribution >= 0.6 is 0 Å². The van der Waals surface area contributed by atoms with Gasteiger partial charge in [-0.15, -0.1) is 0 Å². The monoisotopic (exact) mass is 550 g/mol. The second kappa shape index (κ2) is 13.9. The van der Waals surface area contributed by atoms with Crippen molar-refractivity contribution in [1.82, 2.24) is 24.5 Å². The smallest absolute Gasteiger partial charge is 0.247 e. The minimum Gasteiger partial charge on any atom is -0.471 e. The third-order valence-corrected chi connectivity index (χ3v) is 6.54. The van der Waals surface area contributed by atoms with E-state index >= 15 is 0 Å². The lowest BCUT2D eigenvalue weighted by molar-refractivity contribution is -0.301. The van der Waals surface area contributed by atoms with E-state index in [1.165, 1.54) is 12.3 Å². The first-order chi connectivity index (χ1) is 18.9. The third kappa shape index (κ3) is 7.56. The van der Waals surface area contributed by atoms with Crippen LogP contribution in [-0.4, -0.2) is 88.8 Å². The number of unbranched alkanes of at least 4 members (excludes halogenated alkanes) is 5. The van der Waals surface area contributed by atoms with E-state index in [0.29, 0.717) is 29.9 Å². The highest BCUT2D eigenvalue weighted by Crippen LogP contribution is 2.24. The highest BCUT2D eigenvalue weighted by Gasteiger charge is 2.43. The van der Waals surface area contributed by atoms with E-state index in [1.54, 1.807) is 12.4 Å². The Kier molecular flexibility index (Phi) is 10.3. The van der Waals surface area contributed by atoms with Crippen LogP contribution in [0.25, 0.3) is 11.2 Å². The largest absolute Gasteiger partial charge is 0.471 e. The van der Waals surface area contributed by atoms with Gasteiger partial charge >= 0.3 is 0 Å². The molecule has 4 heterocycles. The fourth-order valence-corrected chi connectivity index (χ4v) is 4.38. The predicted molar refractivity (Wildman–Crippen MR) is 136 cm³/mol. The number of nitrogens with zero attached hydrogens (tertiary/aromatic N) is 5. The highest BCUT2D eigenvalue weighted by atomic mass is 19.1. The molecule has 4 rings (SSSR count). The second-order valence-corrected chi connectivity index (χ2v) is 9.46. The topological polar surface area (TPSA) is 191 Å². The molecule has 6 N–H and O–H groups in total. The quantitative estimate of drug-likeness (QED) is 0.139. The van der Waals surface area contributed by atoms with Gasteiger partial charge in [0.05, 0.1) is 12.9 Å². The summed E-state index contributed by atoms with van der Waals surface area (Å²) >= 11 is 0. The van der Waals surface area contributed by atoms with Gasteiger partial charge in [0, 0.05) is 19.3 Å². The van der Waals surface area contributed by atoms with Crippen LogP contribution in [0.4, 0.5) is 10.3 Å². The zero-order valence-corrected chi connectivity index (χ0v) is 21.5. The molecule has 39 heavy (non-hydrogen) atoms. The van der Waals surface area contributed by atoms with E-state index in [2.05, 4.69) is 19.9 Å². The van der Waals surface area contributed by atoms with Gasteiger partial charge in [-0.05, 0) is 30.5 Å². The van der Waals surface area contributed by atoms with Crippen LogP contribution in [0.2, 0.25) is 0 Å². The molecule has 0 radical (unpaired) electrons. The molecule has 0 saturated carbocycles. The molecule has 0 unspecified atom stereocenters. The van der Waals surface area contributed by atoms with E-state index in [4.69, 9.17) is 19.9 Å². The molecule has 1 aliphatic heterocycles. The Morgan fingerprint density at radius 2 is 1.77 bits per heavy atom. The molecule has 14 heteroatoms. The number of hydrogen-bond acceptors (Lipinski definition) is 12. The number of rotatable bonds is 14. The predicted octanol–water partition coefficient (Wildman–Crippen LogP) is 0.679. The minimum absolute atomic E-state index is 0.0612. The number of ether oxygens (including phenoxy) is 3. The van der Waals surface area contributed by atoms with Crippen molar-refractivity contribution in [3.63, 3.8) is 0 Å². The van der Waals surface area contributed by atoms with Crippen molar-refractivity contribution in [2.75, 3.05) is 18.9 Å². The van der Waals surface area contributed by atoms with Crippen LogP contribution in [0, 0.1) is 5.95 Å². The molecule has 0 aliphatic carbocycles. The lowest BCUT2D eigenvalue weighted by Crippen LogP contribution is -2.59. The van der Waals surface area contributed by atoms with Gasteiger partial charge in [-0.2, -0.15) is 14.4 Å². The number of nitrogens with two attached hydrogens (primary N) is 1. The molecule has 1 saturated heterocycles. The average Bonchev–Trinajstić information content (AvgIpc) is 3.33. The normalized spacial score (nSPS) is 23.4. The summed E-state index contributed by atoms with van der Waals surface area (Å²) < 4.78 is 31.8. The van der Waals surface area contributed by atoms with Crippen LogP contribution < -0.4 is 10.5 Å². The van der Waals surface area contributed by atoms with Gasteiger partial charge in [0.2, 0.25) is 17.8 Å². The van der Waals surface area contributed by atoms with Crippen LogP contribution in [0.3, 0.4) is 0 Å². The molecular formula is C25H35FN6O7. The number of fused-ring (bicyclic) bond motifs is 1. The summed E-state index contributed by atoms with van der Waals surface area (Å²) in [6.07, 6.45) is 2.33. The van der Waals surface area contributed by atoms with Gasteiger partial charge < -0.3 is 44.9 Å². The highest BCUT2D eigenvalue weighted by molar-refractivity contribution is 5.77. The van der Waals surface area contributed by atoms with E-state index in [0.717, 1.165) is 38.5 Å². The number of aryl methyl sites for hydroxylation is 1. The molecule has 0 bridgehead atoms. The Balaban J connectivity index is 1.15.